The summed E-state index contributed by atoms with van der Waals surface area (Å²) in [5, 5.41) is 0. The first-order valence-corrected chi connectivity index (χ1v) is 11.4. The van der Waals surface area contributed by atoms with E-state index in [9.17, 15) is 22.2 Å². The average molecular weight is 465 g/mol. The van der Waals surface area contributed by atoms with Gasteiger partial charge in [-0.15, -0.1) is 0 Å². The van der Waals surface area contributed by atoms with Crippen LogP contribution in [0.25, 0.3) is 5.57 Å². The SMILES string of the molecule is C/C(C[C@H](N[S@@](=O)C(C)(C)C)C(F)(F)F)=C1/C(=O)N(Cc2ccccc2)c2ccccc21. The molecule has 2 atom stereocenters. The normalized spacial score (nSPS) is 17.8. The van der Waals surface area contributed by atoms with E-state index in [-0.39, 0.29) is 11.5 Å². The van der Waals surface area contributed by atoms with Gasteiger partial charge >= 0.3 is 6.18 Å². The Kier molecular flexibility index (Phi) is 6.95. The second-order valence-electron chi connectivity index (χ2n) is 8.85. The van der Waals surface area contributed by atoms with Crippen LogP contribution in [0.2, 0.25) is 0 Å². The molecule has 32 heavy (non-hydrogen) atoms. The molecule has 1 N–H and O–H groups in total. The molecular weight excluding hydrogens is 437 g/mol. The van der Waals surface area contributed by atoms with Crippen LogP contribution in [0.4, 0.5) is 18.9 Å². The number of fused-ring (bicyclic) bond motifs is 1. The maximum absolute atomic E-state index is 13.8. The van der Waals surface area contributed by atoms with Crippen molar-refractivity contribution < 1.29 is 22.2 Å². The number of para-hydroxylation sites is 1. The summed E-state index contributed by atoms with van der Waals surface area (Å²) in [7, 11) is -1.91. The van der Waals surface area contributed by atoms with E-state index in [0.29, 0.717) is 23.4 Å². The molecule has 0 unspecified atom stereocenters. The molecule has 1 aliphatic heterocycles. The Morgan fingerprint density at radius 3 is 2.22 bits per heavy atom. The summed E-state index contributed by atoms with van der Waals surface area (Å²) in [6.07, 6.45) is -5.09. The maximum Gasteiger partial charge on any atom is 0.405 e. The van der Waals surface area contributed by atoms with Crippen molar-refractivity contribution in [3.05, 3.63) is 71.3 Å². The zero-order chi connectivity index (χ0) is 23.7. The number of halogens is 3. The molecule has 0 aliphatic carbocycles. The van der Waals surface area contributed by atoms with Crippen LogP contribution in [0.3, 0.4) is 0 Å². The summed E-state index contributed by atoms with van der Waals surface area (Å²) >= 11 is 0. The Hall–Kier alpha value is -2.45. The van der Waals surface area contributed by atoms with Gasteiger partial charge in [-0.3, -0.25) is 4.79 Å². The summed E-state index contributed by atoms with van der Waals surface area (Å²) in [5.74, 6) is -0.328. The Morgan fingerprint density at radius 1 is 1.03 bits per heavy atom. The van der Waals surface area contributed by atoms with Crippen molar-refractivity contribution >= 4 is 28.2 Å². The fraction of sp³-hybridized carbons (Fsp3) is 0.375. The van der Waals surface area contributed by atoms with Gasteiger partial charge in [0.15, 0.2) is 0 Å². The minimum absolute atomic E-state index is 0.272. The molecule has 4 nitrogen and oxygen atoms in total. The Balaban J connectivity index is 1.96. The molecule has 3 rings (SSSR count). The van der Waals surface area contributed by atoms with E-state index in [0.717, 1.165) is 5.56 Å². The topological polar surface area (TPSA) is 49.4 Å². The molecule has 1 aliphatic rings. The van der Waals surface area contributed by atoms with Crippen LogP contribution in [0.5, 0.6) is 0 Å². The first-order chi connectivity index (χ1) is 14.9. The third kappa shape index (κ3) is 5.30. The first kappa shape index (κ1) is 24.2. The number of carbonyl (C=O) groups excluding carboxylic acids is 1. The van der Waals surface area contributed by atoms with E-state index in [1.54, 1.807) is 49.9 Å². The molecule has 0 radical (unpaired) electrons. The van der Waals surface area contributed by atoms with Crippen LogP contribution < -0.4 is 9.62 Å². The number of hydrogen-bond acceptors (Lipinski definition) is 2. The van der Waals surface area contributed by atoms with Gasteiger partial charge in [-0.2, -0.15) is 13.2 Å². The Labute approximate surface area is 189 Å². The number of hydrogen-bond donors (Lipinski definition) is 1. The largest absolute Gasteiger partial charge is 0.405 e. The summed E-state index contributed by atoms with van der Waals surface area (Å²) < 4.78 is 55.0. The predicted octanol–water partition coefficient (Wildman–Crippen LogP) is 5.38. The maximum atomic E-state index is 13.8. The molecule has 1 heterocycles. The average Bonchev–Trinajstić information content (AvgIpc) is 2.98. The molecule has 8 heteroatoms. The smallest absolute Gasteiger partial charge is 0.303 e. The molecule has 0 aromatic heterocycles. The van der Waals surface area contributed by atoms with Crippen LogP contribution in [0.15, 0.2) is 60.2 Å². The molecule has 1 amide bonds. The molecule has 0 saturated heterocycles. The van der Waals surface area contributed by atoms with Crippen LogP contribution in [-0.2, 0) is 22.3 Å². The van der Waals surface area contributed by atoms with Gasteiger partial charge in [0.1, 0.15) is 6.04 Å². The lowest BCUT2D eigenvalue weighted by Crippen LogP contribution is -2.47. The standard InChI is InChI=1S/C24H27F3N2O2S/c1-16(14-20(24(25,26)27)28-32(31)23(2,3)4)21-18-12-8-9-13-19(18)29(22(21)30)15-17-10-6-5-7-11-17/h5-13,20,28H,14-15H2,1-4H3/b21-16-/t20-,32-/m0/s1. The summed E-state index contributed by atoms with van der Waals surface area (Å²) in [6.45, 7) is 6.67. The number of nitrogens with one attached hydrogen (secondary N) is 1. The lowest BCUT2D eigenvalue weighted by molar-refractivity contribution is -0.150. The lowest BCUT2D eigenvalue weighted by Gasteiger charge is -2.26. The van der Waals surface area contributed by atoms with Gasteiger partial charge in [0.05, 0.1) is 28.0 Å². The number of amides is 1. The summed E-state index contributed by atoms with van der Waals surface area (Å²) in [6, 6.07) is 14.5. The zero-order valence-electron chi connectivity index (χ0n) is 18.5. The van der Waals surface area contributed by atoms with Gasteiger partial charge in [-0.1, -0.05) is 54.1 Å². The highest BCUT2D eigenvalue weighted by molar-refractivity contribution is 7.84. The lowest BCUT2D eigenvalue weighted by atomic mass is 9.97. The van der Waals surface area contributed by atoms with Crippen molar-refractivity contribution in [2.24, 2.45) is 0 Å². The third-order valence-corrected chi connectivity index (χ3v) is 6.86. The van der Waals surface area contributed by atoms with E-state index in [1.807, 2.05) is 30.3 Å². The van der Waals surface area contributed by atoms with E-state index < -0.39 is 34.4 Å². The van der Waals surface area contributed by atoms with E-state index in [4.69, 9.17) is 0 Å². The predicted molar refractivity (Wildman–Crippen MR) is 122 cm³/mol. The van der Waals surface area contributed by atoms with Gasteiger partial charge in [-0.25, -0.2) is 8.93 Å². The molecule has 0 fully saturated rings. The number of carbonyl (C=O) groups is 1. The first-order valence-electron chi connectivity index (χ1n) is 10.3. The fourth-order valence-electron chi connectivity index (χ4n) is 3.55. The van der Waals surface area contributed by atoms with E-state index in [2.05, 4.69) is 4.72 Å². The van der Waals surface area contributed by atoms with Gasteiger partial charge in [-0.05, 0) is 45.7 Å². The van der Waals surface area contributed by atoms with Gasteiger partial charge in [0.2, 0.25) is 0 Å². The second kappa shape index (κ2) is 9.19. The van der Waals surface area contributed by atoms with Crippen molar-refractivity contribution in [1.29, 1.82) is 0 Å². The summed E-state index contributed by atoms with van der Waals surface area (Å²) in [4.78, 5) is 14.9. The quantitative estimate of drug-likeness (QED) is 0.584. The minimum Gasteiger partial charge on any atom is -0.303 e. The molecule has 172 valence electrons. The van der Waals surface area contributed by atoms with E-state index in [1.165, 1.54) is 6.92 Å². The zero-order valence-corrected chi connectivity index (χ0v) is 19.3. The van der Waals surface area contributed by atoms with Crippen molar-refractivity contribution in [1.82, 2.24) is 4.72 Å². The second-order valence-corrected chi connectivity index (χ2v) is 10.8. The number of nitrogens with zero attached hydrogens (tertiary/aromatic N) is 1. The number of benzene rings is 2. The Bertz CT molecular complexity index is 1040. The fourth-order valence-corrected chi connectivity index (χ4v) is 4.38. The third-order valence-electron chi connectivity index (χ3n) is 5.24. The molecule has 2 aromatic carbocycles. The highest BCUT2D eigenvalue weighted by atomic mass is 32.2. The van der Waals surface area contributed by atoms with Gasteiger partial charge in [0, 0.05) is 11.1 Å². The van der Waals surface area contributed by atoms with E-state index >= 15 is 0 Å². The van der Waals surface area contributed by atoms with Gasteiger partial charge < -0.3 is 4.90 Å². The molecular formula is C24H27F3N2O2S. The number of alkyl halides is 3. The number of rotatable bonds is 6. The van der Waals surface area contributed by atoms with Gasteiger partial charge in [0.25, 0.3) is 5.91 Å². The monoisotopic (exact) mass is 464 g/mol. The van der Waals surface area contributed by atoms with Crippen LogP contribution >= 0.6 is 0 Å². The molecule has 0 saturated carbocycles. The van der Waals surface area contributed by atoms with Crippen molar-refractivity contribution in [3.8, 4) is 0 Å². The van der Waals surface area contributed by atoms with Crippen molar-refractivity contribution in [3.63, 3.8) is 0 Å². The number of anilines is 1. The molecule has 0 bridgehead atoms. The molecule has 0 spiro atoms. The van der Waals surface area contributed by atoms with Crippen molar-refractivity contribution in [2.75, 3.05) is 4.90 Å². The highest BCUT2D eigenvalue weighted by Crippen LogP contribution is 2.40. The Morgan fingerprint density at radius 2 is 1.62 bits per heavy atom. The van der Waals surface area contributed by atoms with Crippen LogP contribution in [0.1, 0.15) is 45.2 Å². The van der Waals surface area contributed by atoms with Crippen molar-refractivity contribution in [2.45, 2.75) is 57.6 Å². The highest BCUT2D eigenvalue weighted by Gasteiger charge is 2.43. The van der Waals surface area contributed by atoms with Crippen LogP contribution in [0, 0.1) is 0 Å². The molecule has 2 aromatic rings. The summed E-state index contributed by atoms with van der Waals surface area (Å²) in [5.41, 5.74) is 2.78. The minimum atomic E-state index is -4.62. The van der Waals surface area contributed by atoms with Crippen LogP contribution in [-0.4, -0.2) is 27.1 Å².